The zero-order valence-corrected chi connectivity index (χ0v) is 18.5. The highest BCUT2D eigenvalue weighted by Gasteiger charge is 2.18. The van der Waals surface area contributed by atoms with Gasteiger partial charge in [-0.1, -0.05) is 11.6 Å². The molecule has 0 radical (unpaired) electrons. The van der Waals surface area contributed by atoms with E-state index in [4.69, 9.17) is 21.1 Å². The lowest BCUT2D eigenvalue weighted by Crippen LogP contribution is -2.16. The maximum Gasteiger partial charge on any atom is 0.262 e. The lowest BCUT2D eigenvalue weighted by Gasteiger charge is -2.12. The van der Waals surface area contributed by atoms with Crippen LogP contribution in [0.3, 0.4) is 0 Å². The van der Waals surface area contributed by atoms with Crippen LogP contribution < -0.4 is 19.5 Å². The van der Waals surface area contributed by atoms with E-state index < -0.39 is 15.9 Å². The molecular formula is C21H20ClN3O5S. The number of hydrogen-bond donors (Lipinski definition) is 2. The molecule has 2 aromatic carbocycles. The van der Waals surface area contributed by atoms with E-state index in [0.717, 1.165) is 5.56 Å². The van der Waals surface area contributed by atoms with Gasteiger partial charge in [0.2, 0.25) is 0 Å². The predicted octanol–water partition coefficient (Wildman–Crippen LogP) is 4.11. The molecule has 0 aliphatic heterocycles. The molecule has 0 unspecified atom stereocenters. The molecule has 10 heteroatoms. The number of carbonyl (C=O) groups excluding carboxylic acids is 1. The third kappa shape index (κ3) is 5.25. The summed E-state index contributed by atoms with van der Waals surface area (Å²) < 4.78 is 38.2. The second kappa shape index (κ2) is 9.23. The van der Waals surface area contributed by atoms with E-state index in [0.29, 0.717) is 16.5 Å². The van der Waals surface area contributed by atoms with Gasteiger partial charge in [0.25, 0.3) is 15.9 Å². The molecule has 1 aromatic heterocycles. The molecule has 31 heavy (non-hydrogen) atoms. The van der Waals surface area contributed by atoms with Gasteiger partial charge in [-0.15, -0.1) is 0 Å². The number of anilines is 2. The molecule has 0 aliphatic carbocycles. The molecule has 1 heterocycles. The number of ether oxygens (including phenoxy) is 2. The number of nitrogens with one attached hydrogen (secondary N) is 2. The van der Waals surface area contributed by atoms with Crippen LogP contribution in [0.4, 0.5) is 11.4 Å². The van der Waals surface area contributed by atoms with E-state index in [1.54, 1.807) is 18.2 Å². The zero-order chi connectivity index (χ0) is 22.6. The predicted molar refractivity (Wildman–Crippen MR) is 119 cm³/mol. The van der Waals surface area contributed by atoms with Crippen molar-refractivity contribution >= 4 is 38.9 Å². The number of pyridine rings is 1. The Morgan fingerprint density at radius 2 is 1.74 bits per heavy atom. The molecule has 0 saturated carbocycles. The summed E-state index contributed by atoms with van der Waals surface area (Å²) in [5.41, 5.74) is 1.70. The van der Waals surface area contributed by atoms with Crippen LogP contribution in [0.15, 0.2) is 59.8 Å². The number of aromatic nitrogens is 1. The Hall–Kier alpha value is -3.30. The standard InChI is InChI=1S/C21H20ClN3O5S/c1-13-8-15(22)4-6-18(13)24-21(26)14-9-16(12-23-11-14)25-31(27,28)17-5-7-19(29-2)20(10-17)30-3/h4-12,25H,1-3H3,(H,24,26). The fourth-order valence-corrected chi connectivity index (χ4v) is 4.06. The Balaban J connectivity index is 1.82. The van der Waals surface area contributed by atoms with Crippen LogP contribution in [-0.4, -0.2) is 33.5 Å². The number of aryl methyl sites for hydroxylation is 1. The zero-order valence-electron chi connectivity index (χ0n) is 17.0. The molecule has 8 nitrogen and oxygen atoms in total. The summed E-state index contributed by atoms with van der Waals surface area (Å²) in [5.74, 6) is 0.235. The van der Waals surface area contributed by atoms with E-state index in [-0.39, 0.29) is 21.9 Å². The third-order valence-corrected chi connectivity index (χ3v) is 5.97. The highest BCUT2D eigenvalue weighted by Crippen LogP contribution is 2.30. The second-order valence-electron chi connectivity index (χ2n) is 6.50. The summed E-state index contributed by atoms with van der Waals surface area (Å²) >= 11 is 5.94. The number of hydrogen-bond acceptors (Lipinski definition) is 6. The van der Waals surface area contributed by atoms with Crippen LogP contribution in [0.2, 0.25) is 5.02 Å². The number of carbonyl (C=O) groups is 1. The maximum atomic E-state index is 12.8. The van der Waals surface area contributed by atoms with E-state index in [2.05, 4.69) is 15.0 Å². The average Bonchev–Trinajstić information content (AvgIpc) is 2.75. The van der Waals surface area contributed by atoms with Gasteiger partial charge in [-0.25, -0.2) is 8.42 Å². The topological polar surface area (TPSA) is 107 Å². The molecule has 0 fully saturated rings. The summed E-state index contributed by atoms with van der Waals surface area (Å²) in [4.78, 5) is 16.5. The van der Waals surface area contributed by atoms with Crippen molar-refractivity contribution in [1.29, 1.82) is 0 Å². The lowest BCUT2D eigenvalue weighted by molar-refractivity contribution is 0.102. The van der Waals surface area contributed by atoms with Gasteiger partial charge in [0, 0.05) is 23.0 Å². The summed E-state index contributed by atoms with van der Waals surface area (Å²) in [6.07, 6.45) is 2.65. The highest BCUT2D eigenvalue weighted by atomic mass is 35.5. The Morgan fingerprint density at radius 3 is 2.42 bits per heavy atom. The number of benzene rings is 2. The molecule has 0 atom stereocenters. The monoisotopic (exact) mass is 461 g/mol. The van der Waals surface area contributed by atoms with E-state index >= 15 is 0 Å². The van der Waals surface area contributed by atoms with E-state index in [1.807, 2.05) is 6.92 Å². The first-order valence-electron chi connectivity index (χ1n) is 9.01. The van der Waals surface area contributed by atoms with Crippen molar-refractivity contribution in [3.05, 3.63) is 71.0 Å². The number of methoxy groups -OCH3 is 2. The van der Waals surface area contributed by atoms with Crippen LogP contribution in [0.1, 0.15) is 15.9 Å². The Bertz CT molecular complexity index is 1230. The van der Waals surface area contributed by atoms with Crippen molar-refractivity contribution in [3.63, 3.8) is 0 Å². The van der Waals surface area contributed by atoms with Crippen molar-refractivity contribution in [1.82, 2.24) is 4.98 Å². The number of halogens is 1. The highest BCUT2D eigenvalue weighted by molar-refractivity contribution is 7.92. The molecule has 0 saturated heterocycles. The molecule has 3 rings (SSSR count). The number of amides is 1. The SMILES string of the molecule is COc1ccc(S(=O)(=O)Nc2cncc(C(=O)Nc3ccc(Cl)cc3C)c2)cc1OC. The summed E-state index contributed by atoms with van der Waals surface area (Å²) in [5, 5.41) is 3.32. The van der Waals surface area contributed by atoms with Crippen molar-refractivity contribution in [2.45, 2.75) is 11.8 Å². The Morgan fingerprint density at radius 1 is 1.00 bits per heavy atom. The van der Waals surface area contributed by atoms with E-state index in [9.17, 15) is 13.2 Å². The average molecular weight is 462 g/mol. The Kier molecular flexibility index (Phi) is 6.67. The van der Waals surface area contributed by atoms with Crippen molar-refractivity contribution in [2.75, 3.05) is 24.3 Å². The smallest absolute Gasteiger partial charge is 0.262 e. The van der Waals surface area contributed by atoms with Crippen LogP contribution in [0.5, 0.6) is 11.5 Å². The third-order valence-electron chi connectivity index (χ3n) is 4.35. The van der Waals surface area contributed by atoms with Gasteiger partial charge in [-0.05, 0) is 48.9 Å². The summed E-state index contributed by atoms with van der Waals surface area (Å²) in [6, 6.07) is 10.7. The summed E-state index contributed by atoms with van der Waals surface area (Å²) in [7, 11) is -1.09. The fraction of sp³-hybridized carbons (Fsp3) is 0.143. The fourth-order valence-electron chi connectivity index (χ4n) is 2.78. The van der Waals surface area contributed by atoms with Gasteiger partial charge < -0.3 is 14.8 Å². The van der Waals surface area contributed by atoms with Crippen LogP contribution >= 0.6 is 11.6 Å². The number of sulfonamides is 1. The maximum absolute atomic E-state index is 12.8. The normalized spacial score (nSPS) is 11.0. The van der Waals surface area contributed by atoms with Gasteiger partial charge in [-0.3, -0.25) is 14.5 Å². The molecule has 162 valence electrons. The molecule has 3 aromatic rings. The van der Waals surface area contributed by atoms with Crippen molar-refractivity contribution in [3.8, 4) is 11.5 Å². The number of nitrogens with zero attached hydrogens (tertiary/aromatic N) is 1. The molecule has 0 spiro atoms. The first-order chi connectivity index (χ1) is 14.7. The van der Waals surface area contributed by atoms with E-state index in [1.165, 1.54) is 50.9 Å². The lowest BCUT2D eigenvalue weighted by atomic mass is 10.2. The molecular weight excluding hydrogens is 442 g/mol. The first-order valence-corrected chi connectivity index (χ1v) is 10.9. The molecule has 2 N–H and O–H groups in total. The minimum atomic E-state index is -3.96. The summed E-state index contributed by atoms with van der Waals surface area (Å²) in [6.45, 7) is 1.81. The van der Waals surface area contributed by atoms with Crippen LogP contribution in [0.25, 0.3) is 0 Å². The minimum Gasteiger partial charge on any atom is -0.493 e. The van der Waals surface area contributed by atoms with Crippen molar-refractivity contribution in [2.24, 2.45) is 0 Å². The van der Waals surface area contributed by atoms with Gasteiger partial charge >= 0.3 is 0 Å². The molecule has 1 amide bonds. The number of rotatable bonds is 7. The van der Waals surface area contributed by atoms with Crippen LogP contribution in [0, 0.1) is 6.92 Å². The second-order valence-corrected chi connectivity index (χ2v) is 8.62. The quantitative estimate of drug-likeness (QED) is 0.548. The first kappa shape index (κ1) is 22.4. The van der Waals surface area contributed by atoms with Gasteiger partial charge in [0.05, 0.1) is 36.6 Å². The minimum absolute atomic E-state index is 0.0307. The van der Waals surface area contributed by atoms with Crippen molar-refractivity contribution < 1.29 is 22.7 Å². The largest absolute Gasteiger partial charge is 0.493 e. The van der Waals surface area contributed by atoms with Crippen LogP contribution in [-0.2, 0) is 10.0 Å². The Labute approximate surface area is 185 Å². The van der Waals surface area contributed by atoms with Gasteiger partial charge in [0.15, 0.2) is 11.5 Å². The van der Waals surface area contributed by atoms with Gasteiger partial charge in [-0.2, -0.15) is 0 Å². The molecule has 0 bridgehead atoms. The molecule has 0 aliphatic rings. The van der Waals surface area contributed by atoms with Gasteiger partial charge in [0.1, 0.15) is 0 Å².